The molecule has 0 aliphatic heterocycles. The minimum atomic E-state index is -0.317. The Balaban J connectivity index is 1.53. The molecule has 0 aliphatic rings. The Morgan fingerprint density at radius 1 is 1.06 bits per heavy atom. The number of anilines is 1. The summed E-state index contributed by atoms with van der Waals surface area (Å²) >= 11 is 0. The molecule has 0 saturated heterocycles. The van der Waals surface area contributed by atoms with Gasteiger partial charge >= 0.3 is 0 Å². The van der Waals surface area contributed by atoms with Crippen LogP contribution in [0.5, 0.6) is 5.75 Å². The third kappa shape index (κ3) is 4.98. The Bertz CT molecular complexity index is 1380. The van der Waals surface area contributed by atoms with Crippen LogP contribution in [0.1, 0.15) is 53.7 Å². The van der Waals surface area contributed by atoms with Gasteiger partial charge in [0.15, 0.2) is 5.65 Å². The van der Waals surface area contributed by atoms with E-state index in [1.165, 1.54) is 6.07 Å². The molecule has 1 amide bonds. The maximum Gasteiger partial charge on any atom is 0.287 e. The lowest BCUT2D eigenvalue weighted by Gasteiger charge is -2.19. The third-order valence-electron chi connectivity index (χ3n) is 5.30. The van der Waals surface area contributed by atoms with Gasteiger partial charge in [-0.25, -0.2) is 4.98 Å². The van der Waals surface area contributed by atoms with Gasteiger partial charge < -0.3 is 14.6 Å². The lowest BCUT2D eigenvalue weighted by Crippen LogP contribution is -2.16. The van der Waals surface area contributed by atoms with Gasteiger partial charge in [0, 0.05) is 17.7 Å². The fraction of sp³-hybridized carbons (Fsp3) is 0.269. The van der Waals surface area contributed by atoms with Crippen LogP contribution in [0.4, 0.5) is 5.69 Å². The van der Waals surface area contributed by atoms with E-state index >= 15 is 0 Å². The fourth-order valence-electron chi connectivity index (χ4n) is 3.47. The molecule has 2 aromatic heterocycles. The summed E-state index contributed by atoms with van der Waals surface area (Å²) in [5.74, 6) is 0.868. The Kier molecular flexibility index (Phi) is 5.80. The van der Waals surface area contributed by atoms with E-state index in [-0.39, 0.29) is 23.5 Å². The number of nitrogens with zero attached hydrogens (tertiary/aromatic N) is 2. The Morgan fingerprint density at radius 2 is 1.79 bits per heavy atom. The maximum absolute atomic E-state index is 12.8. The van der Waals surface area contributed by atoms with Crippen molar-refractivity contribution in [3.8, 4) is 5.75 Å². The highest BCUT2D eigenvalue weighted by Gasteiger charge is 2.16. The van der Waals surface area contributed by atoms with Crippen molar-refractivity contribution in [3.05, 3.63) is 93.1 Å². The van der Waals surface area contributed by atoms with E-state index in [0.717, 1.165) is 15.7 Å². The number of carbonyl (C=O) groups is 1. The van der Waals surface area contributed by atoms with Crippen LogP contribution in [0.2, 0.25) is 0 Å². The van der Waals surface area contributed by atoms with Gasteiger partial charge in [-0.3, -0.25) is 9.59 Å². The fourth-order valence-corrected chi connectivity index (χ4v) is 3.47. The van der Waals surface area contributed by atoms with Crippen LogP contribution in [0.25, 0.3) is 5.65 Å². The molecule has 0 radical (unpaired) electrons. The minimum absolute atomic E-state index is 0.0155. The zero-order valence-electron chi connectivity index (χ0n) is 19.4. The zero-order valence-corrected chi connectivity index (χ0v) is 19.4. The van der Waals surface area contributed by atoms with Crippen molar-refractivity contribution >= 4 is 17.2 Å². The standard InChI is InChI=1S/C26H27N3O4/c1-16-6-11-21(28-25(31)18-7-9-19(10-8-18)26(3,4)5)22(12-16)32-15-20-14-24(30)29-23(27-20)13-17(2)33-29/h6-14H,15H2,1-5H3,(H,28,31). The average Bonchev–Trinajstić information content (AvgIpc) is 3.14. The molecule has 4 rings (SSSR count). The molecule has 0 bridgehead atoms. The van der Waals surface area contributed by atoms with E-state index in [1.54, 1.807) is 19.1 Å². The summed E-state index contributed by atoms with van der Waals surface area (Å²) in [4.78, 5) is 29.5. The molecule has 0 aliphatic carbocycles. The molecule has 0 saturated carbocycles. The summed E-state index contributed by atoms with van der Waals surface area (Å²) in [5, 5.41) is 2.93. The quantitative estimate of drug-likeness (QED) is 0.465. The number of benzene rings is 2. The van der Waals surface area contributed by atoms with Crippen molar-refractivity contribution in [1.29, 1.82) is 0 Å². The molecule has 4 aromatic rings. The topological polar surface area (TPSA) is 85.8 Å². The highest BCUT2D eigenvalue weighted by molar-refractivity contribution is 6.05. The summed E-state index contributed by atoms with van der Waals surface area (Å²) in [6, 6.07) is 16.2. The maximum atomic E-state index is 12.8. The normalized spacial score (nSPS) is 11.5. The van der Waals surface area contributed by atoms with Gasteiger partial charge in [0.2, 0.25) is 0 Å². The largest absolute Gasteiger partial charge is 0.485 e. The molecular formula is C26H27N3O4. The van der Waals surface area contributed by atoms with Gasteiger partial charge in [0.05, 0.1) is 11.4 Å². The molecule has 0 atom stereocenters. The molecule has 1 N–H and O–H groups in total. The molecule has 0 spiro atoms. The van der Waals surface area contributed by atoms with Gasteiger partial charge in [-0.1, -0.05) is 39.0 Å². The molecular weight excluding hydrogens is 418 g/mol. The molecule has 0 fully saturated rings. The second kappa shape index (κ2) is 8.58. The summed E-state index contributed by atoms with van der Waals surface area (Å²) in [6.07, 6.45) is 0. The highest BCUT2D eigenvalue weighted by Crippen LogP contribution is 2.28. The zero-order chi connectivity index (χ0) is 23.8. The highest BCUT2D eigenvalue weighted by atomic mass is 16.5. The van der Waals surface area contributed by atoms with Gasteiger partial charge in [-0.05, 0) is 54.7 Å². The summed E-state index contributed by atoms with van der Waals surface area (Å²) in [5.41, 5.74) is 3.84. The van der Waals surface area contributed by atoms with Crippen LogP contribution in [-0.4, -0.2) is 15.5 Å². The first kappa shape index (κ1) is 22.3. The van der Waals surface area contributed by atoms with Crippen LogP contribution in [0, 0.1) is 13.8 Å². The lowest BCUT2D eigenvalue weighted by atomic mass is 9.87. The van der Waals surface area contributed by atoms with Gasteiger partial charge in [0.25, 0.3) is 11.5 Å². The number of fused-ring (bicyclic) bond motifs is 1. The van der Waals surface area contributed by atoms with E-state index in [4.69, 9.17) is 9.26 Å². The van der Waals surface area contributed by atoms with Crippen LogP contribution in [-0.2, 0) is 12.0 Å². The van der Waals surface area contributed by atoms with E-state index < -0.39 is 0 Å². The molecule has 2 aromatic carbocycles. The molecule has 0 unspecified atom stereocenters. The number of hydrogen-bond acceptors (Lipinski definition) is 5. The Hall–Kier alpha value is -3.87. The van der Waals surface area contributed by atoms with Crippen molar-refractivity contribution in [1.82, 2.24) is 9.56 Å². The molecule has 7 heteroatoms. The van der Waals surface area contributed by atoms with Crippen LogP contribution in [0.15, 0.2) is 63.9 Å². The Morgan fingerprint density at radius 3 is 2.48 bits per heavy atom. The molecule has 7 nitrogen and oxygen atoms in total. The second-order valence-corrected chi connectivity index (χ2v) is 9.15. The number of rotatable bonds is 5. The molecule has 33 heavy (non-hydrogen) atoms. The van der Waals surface area contributed by atoms with Crippen molar-refractivity contribution in [2.45, 2.75) is 46.6 Å². The number of ether oxygens (including phenoxy) is 1. The first-order valence-electron chi connectivity index (χ1n) is 10.7. The summed E-state index contributed by atoms with van der Waals surface area (Å²) in [6.45, 7) is 10.2. The number of nitrogens with one attached hydrogen (secondary N) is 1. The number of amides is 1. The summed E-state index contributed by atoms with van der Waals surface area (Å²) < 4.78 is 12.4. The average molecular weight is 446 g/mol. The van der Waals surface area contributed by atoms with Gasteiger partial charge in [-0.15, -0.1) is 4.57 Å². The van der Waals surface area contributed by atoms with Crippen molar-refractivity contribution in [2.75, 3.05) is 5.32 Å². The predicted octanol–water partition coefficient (Wildman–Crippen LogP) is 5.03. The SMILES string of the molecule is Cc1ccc(NC(=O)c2ccc(C(C)(C)C)cc2)c(OCc2cc(=O)n3oc(C)cc3n2)c1. The van der Waals surface area contributed by atoms with Crippen LogP contribution < -0.4 is 15.6 Å². The number of aryl methyl sites for hydroxylation is 2. The number of hydrogen-bond donors (Lipinski definition) is 1. The van der Waals surface area contributed by atoms with Crippen LogP contribution in [0.3, 0.4) is 0 Å². The predicted molar refractivity (Wildman–Crippen MR) is 127 cm³/mol. The number of carbonyl (C=O) groups excluding carboxylic acids is 1. The van der Waals surface area contributed by atoms with E-state index in [1.807, 2.05) is 43.3 Å². The third-order valence-corrected chi connectivity index (χ3v) is 5.30. The summed E-state index contributed by atoms with van der Waals surface area (Å²) in [7, 11) is 0. The van der Waals surface area contributed by atoms with E-state index in [0.29, 0.717) is 34.1 Å². The minimum Gasteiger partial charge on any atom is -0.485 e. The number of aromatic nitrogens is 2. The smallest absolute Gasteiger partial charge is 0.287 e. The van der Waals surface area contributed by atoms with Crippen molar-refractivity contribution < 1.29 is 14.1 Å². The van der Waals surface area contributed by atoms with Gasteiger partial charge in [0.1, 0.15) is 18.1 Å². The molecule has 170 valence electrons. The van der Waals surface area contributed by atoms with Crippen molar-refractivity contribution in [2.24, 2.45) is 0 Å². The Labute approximate surface area is 192 Å². The van der Waals surface area contributed by atoms with E-state index in [2.05, 4.69) is 31.1 Å². The first-order valence-corrected chi connectivity index (χ1v) is 10.7. The molecule has 2 heterocycles. The van der Waals surface area contributed by atoms with Gasteiger partial charge in [-0.2, -0.15) is 0 Å². The monoisotopic (exact) mass is 445 g/mol. The van der Waals surface area contributed by atoms with Crippen molar-refractivity contribution in [3.63, 3.8) is 0 Å². The van der Waals surface area contributed by atoms with Crippen LogP contribution >= 0.6 is 0 Å². The lowest BCUT2D eigenvalue weighted by molar-refractivity contribution is 0.102. The van der Waals surface area contributed by atoms with E-state index in [9.17, 15) is 9.59 Å². The first-order chi connectivity index (χ1) is 15.6. The second-order valence-electron chi connectivity index (χ2n) is 9.15.